The number of hydrogen-bond acceptors (Lipinski definition) is 0. The van der Waals surface area contributed by atoms with Crippen LogP contribution in [0.25, 0.3) is 0 Å². The molecule has 0 amide bonds. The molecule has 0 nitrogen and oxygen atoms in total. The fourth-order valence-corrected chi connectivity index (χ4v) is 4.53. The van der Waals surface area contributed by atoms with Crippen LogP contribution in [-0.2, 0) is 0 Å². The van der Waals surface area contributed by atoms with Gasteiger partial charge in [-0.3, -0.25) is 0 Å². The van der Waals surface area contributed by atoms with Crippen LogP contribution in [0, 0.1) is 11.8 Å². The molecule has 0 rings (SSSR count). The molecule has 0 bridgehead atoms. The van der Waals surface area contributed by atoms with Gasteiger partial charge in [-0.2, -0.15) is 0 Å². The molecular weight excluding hydrogens is 336 g/mol. The van der Waals surface area contributed by atoms with Crippen LogP contribution < -0.4 is 0 Å². The summed E-state index contributed by atoms with van der Waals surface area (Å²) in [5.41, 5.74) is 0. The maximum atomic E-state index is 2.49. The van der Waals surface area contributed by atoms with Crippen molar-refractivity contribution in [2.75, 3.05) is 0 Å². The summed E-state index contributed by atoms with van der Waals surface area (Å²) < 4.78 is 0. The van der Waals surface area contributed by atoms with Crippen molar-refractivity contribution < 1.29 is 0 Å². The van der Waals surface area contributed by atoms with Crippen LogP contribution >= 0.6 is 0 Å². The molecule has 0 aliphatic heterocycles. The van der Waals surface area contributed by atoms with E-state index in [0.717, 1.165) is 11.8 Å². The Balaban J connectivity index is 3.22. The van der Waals surface area contributed by atoms with Crippen LogP contribution in [0.4, 0.5) is 0 Å². The van der Waals surface area contributed by atoms with Crippen molar-refractivity contribution in [3.8, 4) is 0 Å². The largest absolute Gasteiger partial charge is 0.0654 e. The Bertz CT molecular complexity index is 269. The molecule has 0 saturated heterocycles. The van der Waals surface area contributed by atoms with Crippen LogP contribution in [0.5, 0.6) is 0 Å². The van der Waals surface area contributed by atoms with Gasteiger partial charge in [-0.1, -0.05) is 169 Å². The van der Waals surface area contributed by atoms with Gasteiger partial charge in [0.25, 0.3) is 0 Å². The van der Waals surface area contributed by atoms with Crippen molar-refractivity contribution in [1.82, 2.24) is 0 Å². The molecule has 0 heteroatoms. The van der Waals surface area contributed by atoms with Crippen molar-refractivity contribution in [1.29, 1.82) is 0 Å². The zero-order valence-electron chi connectivity index (χ0n) is 20.7. The summed E-state index contributed by atoms with van der Waals surface area (Å²) in [6, 6.07) is 0. The minimum atomic E-state index is 0.965. The van der Waals surface area contributed by atoms with E-state index in [9.17, 15) is 0 Å². The molecule has 0 aliphatic carbocycles. The SMILES string of the molecule is CCCCCCCCCCCCC(C)CCCCCCCC(C)CCCCC. The van der Waals surface area contributed by atoms with Crippen LogP contribution in [0.1, 0.15) is 169 Å². The standard InChI is InChI=1S/C28H58/c1-5-7-9-10-11-12-13-14-16-20-25-28(4)26-22-18-15-17-21-24-27(3)23-19-8-6-2/h27-28H,5-26H2,1-4H3. The third-order valence-corrected chi connectivity index (χ3v) is 6.74. The lowest BCUT2D eigenvalue weighted by molar-refractivity contribution is 0.418. The first-order valence-electron chi connectivity index (χ1n) is 13.7. The van der Waals surface area contributed by atoms with E-state index in [2.05, 4.69) is 27.7 Å². The van der Waals surface area contributed by atoms with E-state index < -0.39 is 0 Å². The average Bonchev–Trinajstić information content (AvgIpc) is 2.69. The summed E-state index contributed by atoms with van der Waals surface area (Å²) in [7, 11) is 0. The number of unbranched alkanes of at least 4 members (excludes halogenated alkanes) is 15. The predicted octanol–water partition coefficient (Wildman–Crippen LogP) is 10.9. The molecule has 0 aromatic heterocycles. The Morgan fingerprint density at radius 1 is 0.321 bits per heavy atom. The molecule has 2 unspecified atom stereocenters. The molecule has 0 fully saturated rings. The molecule has 0 spiro atoms. The van der Waals surface area contributed by atoms with E-state index >= 15 is 0 Å². The Hall–Kier alpha value is 0. The van der Waals surface area contributed by atoms with Gasteiger partial charge in [-0.05, 0) is 11.8 Å². The normalized spacial score (nSPS) is 13.7. The van der Waals surface area contributed by atoms with Crippen LogP contribution in [0.15, 0.2) is 0 Å². The van der Waals surface area contributed by atoms with Crippen molar-refractivity contribution in [2.45, 2.75) is 169 Å². The minimum absolute atomic E-state index is 0.965. The van der Waals surface area contributed by atoms with E-state index in [1.54, 1.807) is 0 Å². The quantitative estimate of drug-likeness (QED) is 0.151. The van der Waals surface area contributed by atoms with Gasteiger partial charge in [-0.15, -0.1) is 0 Å². The smallest absolute Gasteiger partial charge is 0.0443 e. The number of hydrogen-bond donors (Lipinski definition) is 0. The van der Waals surface area contributed by atoms with Crippen molar-refractivity contribution in [3.05, 3.63) is 0 Å². The van der Waals surface area contributed by atoms with Gasteiger partial charge in [0.1, 0.15) is 0 Å². The molecule has 0 radical (unpaired) electrons. The molecule has 2 atom stereocenters. The van der Waals surface area contributed by atoms with Crippen molar-refractivity contribution >= 4 is 0 Å². The van der Waals surface area contributed by atoms with E-state index in [1.807, 2.05) is 0 Å². The second-order valence-corrected chi connectivity index (χ2v) is 10.0. The molecule has 0 saturated carbocycles. The Kier molecular flexibility index (Phi) is 23.3. The zero-order valence-corrected chi connectivity index (χ0v) is 20.7. The summed E-state index contributed by atoms with van der Waals surface area (Å²) in [6.07, 6.45) is 32.2. The summed E-state index contributed by atoms with van der Waals surface area (Å²) in [5, 5.41) is 0. The minimum Gasteiger partial charge on any atom is -0.0654 e. The van der Waals surface area contributed by atoms with Gasteiger partial charge in [0.05, 0.1) is 0 Å². The molecule has 28 heavy (non-hydrogen) atoms. The lowest BCUT2D eigenvalue weighted by atomic mass is 9.94. The van der Waals surface area contributed by atoms with E-state index in [4.69, 9.17) is 0 Å². The molecule has 0 aromatic carbocycles. The lowest BCUT2D eigenvalue weighted by Crippen LogP contribution is -1.96. The highest BCUT2D eigenvalue weighted by Crippen LogP contribution is 2.20. The average molecular weight is 395 g/mol. The maximum absolute atomic E-state index is 2.49. The fraction of sp³-hybridized carbons (Fsp3) is 1.00. The molecular formula is C28H58. The highest BCUT2D eigenvalue weighted by atomic mass is 14.1. The van der Waals surface area contributed by atoms with Crippen molar-refractivity contribution in [2.24, 2.45) is 11.8 Å². The Morgan fingerprint density at radius 2 is 0.536 bits per heavy atom. The third kappa shape index (κ3) is 22.3. The second-order valence-electron chi connectivity index (χ2n) is 10.0. The highest BCUT2D eigenvalue weighted by Gasteiger charge is 2.04. The predicted molar refractivity (Wildman–Crippen MR) is 131 cm³/mol. The monoisotopic (exact) mass is 394 g/mol. The highest BCUT2D eigenvalue weighted by molar-refractivity contribution is 4.57. The van der Waals surface area contributed by atoms with Crippen LogP contribution in [0.2, 0.25) is 0 Å². The van der Waals surface area contributed by atoms with Gasteiger partial charge < -0.3 is 0 Å². The van der Waals surface area contributed by atoms with E-state index in [0.29, 0.717) is 0 Å². The number of rotatable bonds is 23. The topological polar surface area (TPSA) is 0 Å². The van der Waals surface area contributed by atoms with Gasteiger partial charge >= 0.3 is 0 Å². The van der Waals surface area contributed by atoms with E-state index in [-0.39, 0.29) is 0 Å². The molecule has 0 aromatic rings. The fourth-order valence-electron chi connectivity index (χ4n) is 4.53. The molecule has 0 N–H and O–H groups in total. The Morgan fingerprint density at radius 3 is 0.857 bits per heavy atom. The summed E-state index contributed by atoms with van der Waals surface area (Å²) >= 11 is 0. The van der Waals surface area contributed by atoms with Gasteiger partial charge in [0.15, 0.2) is 0 Å². The molecule has 0 aliphatic rings. The van der Waals surface area contributed by atoms with Gasteiger partial charge in [0.2, 0.25) is 0 Å². The zero-order chi connectivity index (χ0) is 20.7. The first-order valence-corrected chi connectivity index (χ1v) is 13.7. The van der Waals surface area contributed by atoms with Crippen molar-refractivity contribution in [3.63, 3.8) is 0 Å². The van der Waals surface area contributed by atoms with Crippen LogP contribution in [-0.4, -0.2) is 0 Å². The first-order chi connectivity index (χ1) is 13.7. The maximum Gasteiger partial charge on any atom is -0.0443 e. The first kappa shape index (κ1) is 28.0. The molecule has 0 heterocycles. The summed E-state index contributed by atoms with van der Waals surface area (Å²) in [5.74, 6) is 1.93. The third-order valence-electron chi connectivity index (χ3n) is 6.74. The summed E-state index contributed by atoms with van der Waals surface area (Å²) in [4.78, 5) is 0. The summed E-state index contributed by atoms with van der Waals surface area (Å²) in [6.45, 7) is 9.57. The second kappa shape index (κ2) is 23.3. The lowest BCUT2D eigenvalue weighted by Gasteiger charge is -2.12. The van der Waals surface area contributed by atoms with Gasteiger partial charge in [-0.25, -0.2) is 0 Å². The van der Waals surface area contributed by atoms with E-state index in [1.165, 1.54) is 141 Å². The molecule has 170 valence electrons. The van der Waals surface area contributed by atoms with Crippen LogP contribution in [0.3, 0.4) is 0 Å². The van der Waals surface area contributed by atoms with Gasteiger partial charge in [0, 0.05) is 0 Å². The Labute approximate surface area is 181 Å².